The maximum atomic E-state index is 10.5. The highest BCUT2D eigenvalue weighted by Crippen LogP contribution is 2.16. The van der Waals surface area contributed by atoms with Crippen LogP contribution in [-0.4, -0.2) is 35.7 Å². The summed E-state index contributed by atoms with van der Waals surface area (Å²) in [6, 6.07) is 0.555. The molecule has 1 rings (SSSR count). The SMILES string of the molecule is NC(=O)C(O)CNC1CCCC(N)C1. The van der Waals surface area contributed by atoms with Crippen LogP contribution in [0.4, 0.5) is 0 Å². The van der Waals surface area contributed by atoms with Crippen molar-refractivity contribution in [2.75, 3.05) is 6.54 Å². The number of hydrogen-bond acceptors (Lipinski definition) is 4. The van der Waals surface area contributed by atoms with E-state index in [0.717, 1.165) is 25.7 Å². The first kappa shape index (κ1) is 11.4. The second kappa shape index (κ2) is 5.29. The third-order valence-electron chi connectivity index (χ3n) is 2.64. The molecule has 0 heterocycles. The zero-order valence-corrected chi connectivity index (χ0v) is 8.28. The summed E-state index contributed by atoms with van der Waals surface area (Å²) in [6.45, 7) is 0.229. The molecule has 82 valence electrons. The van der Waals surface area contributed by atoms with Gasteiger partial charge in [-0.05, 0) is 19.3 Å². The summed E-state index contributed by atoms with van der Waals surface area (Å²) < 4.78 is 0. The Morgan fingerprint density at radius 1 is 1.57 bits per heavy atom. The molecule has 1 aliphatic rings. The van der Waals surface area contributed by atoms with Gasteiger partial charge in [-0.15, -0.1) is 0 Å². The van der Waals surface area contributed by atoms with Crippen LogP contribution < -0.4 is 16.8 Å². The highest BCUT2D eigenvalue weighted by molar-refractivity contribution is 5.78. The molecular formula is C9H19N3O2. The summed E-state index contributed by atoms with van der Waals surface area (Å²) in [6.07, 6.45) is 3.04. The lowest BCUT2D eigenvalue weighted by Gasteiger charge is -2.27. The smallest absolute Gasteiger partial charge is 0.247 e. The Morgan fingerprint density at radius 2 is 2.29 bits per heavy atom. The van der Waals surface area contributed by atoms with Crippen molar-refractivity contribution in [3.63, 3.8) is 0 Å². The lowest BCUT2D eigenvalue weighted by molar-refractivity contribution is -0.125. The molecule has 1 amide bonds. The number of nitrogens with two attached hydrogens (primary N) is 2. The quantitative estimate of drug-likeness (QED) is 0.453. The van der Waals surface area contributed by atoms with Gasteiger partial charge in [0, 0.05) is 18.6 Å². The Bertz CT molecular complexity index is 198. The number of aliphatic hydroxyl groups is 1. The summed E-state index contributed by atoms with van der Waals surface area (Å²) in [4.78, 5) is 10.5. The Hall–Kier alpha value is -0.650. The third-order valence-corrected chi connectivity index (χ3v) is 2.64. The Balaban J connectivity index is 2.20. The van der Waals surface area contributed by atoms with Gasteiger partial charge >= 0.3 is 0 Å². The average Bonchev–Trinajstić information content (AvgIpc) is 2.14. The number of carbonyl (C=O) groups excluding carboxylic acids is 1. The minimum absolute atomic E-state index is 0.229. The Kier molecular flexibility index (Phi) is 4.31. The highest BCUT2D eigenvalue weighted by Gasteiger charge is 2.20. The Morgan fingerprint density at radius 3 is 2.86 bits per heavy atom. The van der Waals surface area contributed by atoms with Crippen molar-refractivity contribution >= 4 is 5.91 Å². The molecule has 1 fully saturated rings. The molecule has 1 aliphatic carbocycles. The minimum atomic E-state index is -1.09. The van der Waals surface area contributed by atoms with Crippen LogP contribution in [0.1, 0.15) is 25.7 Å². The second-order valence-electron chi connectivity index (χ2n) is 3.95. The van der Waals surface area contributed by atoms with Gasteiger partial charge in [0.1, 0.15) is 6.10 Å². The van der Waals surface area contributed by atoms with E-state index in [-0.39, 0.29) is 12.6 Å². The van der Waals surface area contributed by atoms with Gasteiger partial charge in [0.15, 0.2) is 0 Å². The zero-order chi connectivity index (χ0) is 10.6. The second-order valence-corrected chi connectivity index (χ2v) is 3.95. The predicted molar refractivity (Wildman–Crippen MR) is 53.4 cm³/mol. The topological polar surface area (TPSA) is 101 Å². The van der Waals surface area contributed by atoms with E-state index >= 15 is 0 Å². The molecule has 5 nitrogen and oxygen atoms in total. The molecule has 0 bridgehead atoms. The first-order valence-electron chi connectivity index (χ1n) is 5.06. The fraction of sp³-hybridized carbons (Fsp3) is 0.889. The molecule has 3 unspecified atom stereocenters. The number of carbonyl (C=O) groups is 1. The molecule has 0 saturated heterocycles. The number of rotatable bonds is 4. The van der Waals surface area contributed by atoms with E-state index in [4.69, 9.17) is 16.6 Å². The van der Waals surface area contributed by atoms with Gasteiger partial charge < -0.3 is 21.9 Å². The summed E-state index contributed by atoms with van der Waals surface area (Å²) >= 11 is 0. The van der Waals surface area contributed by atoms with Crippen LogP contribution in [0.2, 0.25) is 0 Å². The van der Waals surface area contributed by atoms with E-state index in [1.165, 1.54) is 0 Å². The van der Waals surface area contributed by atoms with Gasteiger partial charge in [0.2, 0.25) is 5.91 Å². The molecule has 0 spiro atoms. The van der Waals surface area contributed by atoms with Crippen LogP contribution in [0.25, 0.3) is 0 Å². The molecule has 14 heavy (non-hydrogen) atoms. The first-order chi connectivity index (χ1) is 6.59. The first-order valence-corrected chi connectivity index (χ1v) is 5.06. The molecular weight excluding hydrogens is 182 g/mol. The lowest BCUT2D eigenvalue weighted by Crippen LogP contribution is -2.45. The van der Waals surface area contributed by atoms with Crippen LogP contribution in [0.5, 0.6) is 0 Å². The number of hydrogen-bond donors (Lipinski definition) is 4. The fourth-order valence-electron chi connectivity index (χ4n) is 1.79. The van der Waals surface area contributed by atoms with Crippen molar-refractivity contribution in [2.24, 2.45) is 11.5 Å². The monoisotopic (exact) mass is 201 g/mol. The maximum Gasteiger partial charge on any atom is 0.247 e. The standard InChI is InChI=1S/C9H19N3O2/c10-6-2-1-3-7(4-6)12-5-8(13)9(11)14/h6-8,12-13H,1-5,10H2,(H2,11,14). The number of primary amides is 1. The average molecular weight is 201 g/mol. The molecule has 6 N–H and O–H groups in total. The predicted octanol–water partition coefficient (Wildman–Crippen LogP) is -1.31. The van der Waals surface area contributed by atoms with Crippen LogP contribution >= 0.6 is 0 Å². The van der Waals surface area contributed by atoms with Crippen molar-refractivity contribution in [1.29, 1.82) is 0 Å². The maximum absolute atomic E-state index is 10.5. The van der Waals surface area contributed by atoms with E-state index in [9.17, 15) is 4.79 Å². The van der Waals surface area contributed by atoms with Gasteiger partial charge in [-0.2, -0.15) is 0 Å². The molecule has 0 aromatic carbocycles. The molecule has 3 atom stereocenters. The van der Waals surface area contributed by atoms with Gasteiger partial charge in [-0.25, -0.2) is 0 Å². The van der Waals surface area contributed by atoms with Crippen LogP contribution in [0.3, 0.4) is 0 Å². The van der Waals surface area contributed by atoms with Crippen molar-refractivity contribution in [3.8, 4) is 0 Å². The van der Waals surface area contributed by atoms with Crippen molar-refractivity contribution in [1.82, 2.24) is 5.32 Å². The number of amides is 1. The molecule has 0 aromatic rings. The van der Waals surface area contributed by atoms with Crippen molar-refractivity contribution in [3.05, 3.63) is 0 Å². The van der Waals surface area contributed by atoms with E-state index in [1.54, 1.807) is 0 Å². The fourth-order valence-corrected chi connectivity index (χ4v) is 1.79. The van der Waals surface area contributed by atoms with E-state index in [1.807, 2.05) is 0 Å². The van der Waals surface area contributed by atoms with Crippen LogP contribution in [-0.2, 0) is 4.79 Å². The summed E-state index contributed by atoms with van der Waals surface area (Å²) in [5.41, 5.74) is 10.7. The molecule has 5 heteroatoms. The Labute approximate surface area is 83.8 Å². The van der Waals surface area contributed by atoms with Gasteiger partial charge in [0.05, 0.1) is 0 Å². The largest absolute Gasteiger partial charge is 0.382 e. The molecule has 0 aliphatic heterocycles. The van der Waals surface area contributed by atoms with Crippen molar-refractivity contribution in [2.45, 2.75) is 43.9 Å². The number of aliphatic hydroxyl groups excluding tert-OH is 1. The van der Waals surface area contributed by atoms with Crippen LogP contribution in [0.15, 0.2) is 0 Å². The van der Waals surface area contributed by atoms with Crippen LogP contribution in [0, 0.1) is 0 Å². The molecule has 1 saturated carbocycles. The summed E-state index contributed by atoms with van der Waals surface area (Å²) in [5.74, 6) is -0.683. The van der Waals surface area contributed by atoms with Gasteiger partial charge in [0.25, 0.3) is 0 Å². The summed E-state index contributed by atoms with van der Waals surface area (Å²) in [5, 5.41) is 12.3. The van der Waals surface area contributed by atoms with E-state index in [2.05, 4.69) is 5.32 Å². The number of nitrogens with one attached hydrogen (secondary N) is 1. The highest BCUT2D eigenvalue weighted by atomic mass is 16.3. The lowest BCUT2D eigenvalue weighted by atomic mass is 9.91. The van der Waals surface area contributed by atoms with Gasteiger partial charge in [-0.1, -0.05) is 6.42 Å². The molecule has 0 radical (unpaired) electrons. The van der Waals surface area contributed by atoms with Gasteiger partial charge in [-0.3, -0.25) is 4.79 Å². The van der Waals surface area contributed by atoms with Crippen molar-refractivity contribution < 1.29 is 9.90 Å². The van der Waals surface area contributed by atoms with E-state index < -0.39 is 12.0 Å². The summed E-state index contributed by atoms with van der Waals surface area (Å²) in [7, 11) is 0. The molecule has 0 aromatic heterocycles. The normalized spacial score (nSPS) is 29.9. The minimum Gasteiger partial charge on any atom is -0.382 e. The zero-order valence-electron chi connectivity index (χ0n) is 8.28. The van der Waals surface area contributed by atoms with E-state index in [0.29, 0.717) is 6.04 Å². The third kappa shape index (κ3) is 3.61.